The van der Waals surface area contributed by atoms with E-state index in [0.717, 1.165) is 4.90 Å². The number of aromatic hydroxyl groups is 1. The monoisotopic (exact) mass is 440 g/mol. The van der Waals surface area contributed by atoms with Crippen LogP contribution in [-0.4, -0.2) is 17.0 Å². The molecule has 2 aromatic carbocycles. The van der Waals surface area contributed by atoms with Gasteiger partial charge in [-0.15, -0.1) is 0 Å². The van der Waals surface area contributed by atoms with Crippen LogP contribution in [0.4, 0.5) is 10.5 Å². The molecule has 3 amide bonds. The number of phenols is 1. The first-order chi connectivity index (χ1) is 11.0. The van der Waals surface area contributed by atoms with Crippen molar-refractivity contribution in [3.63, 3.8) is 0 Å². The molecule has 0 bridgehead atoms. The third-order valence-corrected chi connectivity index (χ3v) is 4.36. The number of benzene rings is 2. The summed E-state index contributed by atoms with van der Waals surface area (Å²) in [6.45, 7) is 0. The molecule has 0 unspecified atom stereocenters. The van der Waals surface area contributed by atoms with Crippen molar-refractivity contribution in [3.05, 3.63) is 62.3 Å². The molecule has 0 radical (unpaired) electrons. The Morgan fingerprint density at radius 1 is 1.13 bits per heavy atom. The highest BCUT2D eigenvalue weighted by molar-refractivity contribution is 14.1. The lowest BCUT2D eigenvalue weighted by Gasteiger charge is -2.11. The van der Waals surface area contributed by atoms with Crippen molar-refractivity contribution in [2.75, 3.05) is 4.90 Å². The van der Waals surface area contributed by atoms with Gasteiger partial charge in [0.15, 0.2) is 0 Å². The minimum Gasteiger partial charge on any atom is -0.507 e. The second-order valence-electron chi connectivity index (χ2n) is 4.82. The highest BCUT2D eigenvalue weighted by atomic mass is 127. The van der Waals surface area contributed by atoms with E-state index in [0.29, 0.717) is 19.8 Å². The molecule has 1 aliphatic heterocycles. The smallest absolute Gasteiger partial charge is 0.333 e. The lowest BCUT2D eigenvalue weighted by molar-refractivity contribution is -0.113. The third kappa shape index (κ3) is 3.18. The van der Waals surface area contributed by atoms with Crippen LogP contribution in [0, 0.1) is 3.57 Å². The molecule has 1 heterocycles. The molecule has 0 saturated carbocycles. The first kappa shape index (κ1) is 15.8. The molecule has 3 rings (SSSR count). The van der Waals surface area contributed by atoms with Crippen LogP contribution in [0.1, 0.15) is 5.56 Å². The first-order valence-electron chi connectivity index (χ1n) is 6.57. The lowest BCUT2D eigenvalue weighted by atomic mass is 10.2. The van der Waals surface area contributed by atoms with Gasteiger partial charge in [0.05, 0.1) is 9.26 Å². The number of carbonyl (C=O) groups excluding carboxylic acids is 2. The van der Waals surface area contributed by atoms with Gasteiger partial charge in [0.1, 0.15) is 11.4 Å². The molecule has 0 aromatic heterocycles. The second-order valence-corrected chi connectivity index (χ2v) is 6.41. The average molecular weight is 441 g/mol. The number of nitrogens with zero attached hydrogens (tertiary/aromatic N) is 1. The van der Waals surface area contributed by atoms with Crippen LogP contribution in [0.25, 0.3) is 6.08 Å². The maximum Gasteiger partial charge on any atom is 0.333 e. The fourth-order valence-corrected chi connectivity index (χ4v) is 2.80. The van der Waals surface area contributed by atoms with E-state index in [1.165, 1.54) is 6.07 Å². The van der Waals surface area contributed by atoms with Crippen LogP contribution in [0.5, 0.6) is 5.75 Å². The van der Waals surface area contributed by atoms with Gasteiger partial charge in [-0.3, -0.25) is 4.79 Å². The zero-order chi connectivity index (χ0) is 16.6. The normalized spacial score (nSPS) is 16.1. The Morgan fingerprint density at radius 2 is 1.83 bits per heavy atom. The topological polar surface area (TPSA) is 69.6 Å². The van der Waals surface area contributed by atoms with Gasteiger partial charge < -0.3 is 10.4 Å². The summed E-state index contributed by atoms with van der Waals surface area (Å²) in [6.07, 6.45) is 1.57. The summed E-state index contributed by atoms with van der Waals surface area (Å²) < 4.78 is 0.656. The first-order valence-corrected chi connectivity index (χ1v) is 8.02. The van der Waals surface area contributed by atoms with E-state index < -0.39 is 11.9 Å². The van der Waals surface area contributed by atoms with E-state index in [2.05, 4.69) is 5.32 Å². The van der Waals surface area contributed by atoms with Crippen LogP contribution in [0.3, 0.4) is 0 Å². The van der Waals surface area contributed by atoms with Crippen molar-refractivity contribution < 1.29 is 14.7 Å². The summed E-state index contributed by atoms with van der Waals surface area (Å²) >= 11 is 7.81. The Hall–Kier alpha value is -2.06. The molecular formula is C16H10ClIN2O3. The maximum absolute atomic E-state index is 12.4. The molecule has 23 heavy (non-hydrogen) atoms. The molecule has 1 aliphatic rings. The van der Waals surface area contributed by atoms with Crippen LogP contribution in [-0.2, 0) is 4.79 Å². The van der Waals surface area contributed by atoms with Crippen LogP contribution >= 0.6 is 34.2 Å². The van der Waals surface area contributed by atoms with Gasteiger partial charge in [-0.2, -0.15) is 0 Å². The number of hydrogen-bond donors (Lipinski definition) is 2. The summed E-state index contributed by atoms with van der Waals surface area (Å²) in [5.41, 5.74) is 1.32. The predicted octanol–water partition coefficient (Wildman–Crippen LogP) is 3.75. The van der Waals surface area contributed by atoms with Crippen molar-refractivity contribution >= 4 is 57.9 Å². The number of amides is 3. The summed E-state index contributed by atoms with van der Waals surface area (Å²) in [7, 11) is 0. The molecule has 0 aliphatic carbocycles. The molecule has 2 aromatic rings. The molecule has 0 atom stereocenters. The highest BCUT2D eigenvalue weighted by Crippen LogP contribution is 2.25. The van der Waals surface area contributed by atoms with Crippen molar-refractivity contribution in [1.82, 2.24) is 5.32 Å². The fourth-order valence-electron chi connectivity index (χ4n) is 2.14. The largest absolute Gasteiger partial charge is 0.507 e. The summed E-state index contributed by atoms with van der Waals surface area (Å²) in [5, 5.41) is 12.6. The predicted molar refractivity (Wildman–Crippen MR) is 96.3 cm³/mol. The zero-order valence-electron chi connectivity index (χ0n) is 11.6. The number of anilines is 1. The van der Waals surface area contributed by atoms with Gasteiger partial charge in [0.25, 0.3) is 5.91 Å². The zero-order valence-corrected chi connectivity index (χ0v) is 14.5. The van der Waals surface area contributed by atoms with E-state index in [1.54, 1.807) is 42.5 Å². The molecule has 7 heteroatoms. The van der Waals surface area contributed by atoms with Crippen LogP contribution in [0.2, 0.25) is 5.02 Å². The van der Waals surface area contributed by atoms with Gasteiger partial charge in [-0.1, -0.05) is 17.7 Å². The lowest BCUT2D eigenvalue weighted by Crippen LogP contribution is -2.30. The number of nitrogens with one attached hydrogen (secondary N) is 1. The maximum atomic E-state index is 12.4. The summed E-state index contributed by atoms with van der Waals surface area (Å²) in [5.74, 6) is -0.280. The van der Waals surface area contributed by atoms with E-state index in [4.69, 9.17) is 11.6 Å². The minimum absolute atomic E-state index is 0.164. The Morgan fingerprint density at radius 3 is 2.48 bits per heavy atom. The quantitative estimate of drug-likeness (QED) is 0.425. The second kappa shape index (κ2) is 6.21. The molecule has 5 nitrogen and oxygen atoms in total. The Balaban J connectivity index is 1.92. The van der Waals surface area contributed by atoms with Crippen molar-refractivity contribution in [3.8, 4) is 5.75 Å². The van der Waals surface area contributed by atoms with Gasteiger partial charge >= 0.3 is 6.03 Å². The highest BCUT2D eigenvalue weighted by Gasteiger charge is 2.34. The van der Waals surface area contributed by atoms with E-state index in [1.807, 2.05) is 22.6 Å². The van der Waals surface area contributed by atoms with Crippen LogP contribution in [0.15, 0.2) is 48.2 Å². The number of imide groups is 1. The van der Waals surface area contributed by atoms with E-state index in [9.17, 15) is 14.7 Å². The molecule has 1 fully saturated rings. The van der Waals surface area contributed by atoms with Crippen molar-refractivity contribution in [2.24, 2.45) is 0 Å². The number of rotatable bonds is 2. The van der Waals surface area contributed by atoms with Gasteiger partial charge in [0, 0.05) is 5.02 Å². The van der Waals surface area contributed by atoms with Gasteiger partial charge in [0.2, 0.25) is 0 Å². The molecule has 0 spiro atoms. The Bertz CT molecular complexity index is 834. The molecule has 116 valence electrons. The summed E-state index contributed by atoms with van der Waals surface area (Å²) in [6, 6.07) is 10.8. The number of carbonyl (C=O) groups is 2. The van der Waals surface area contributed by atoms with Crippen molar-refractivity contribution in [1.29, 1.82) is 0 Å². The Kier molecular flexibility index (Phi) is 4.27. The summed E-state index contributed by atoms with van der Waals surface area (Å²) in [4.78, 5) is 25.6. The van der Waals surface area contributed by atoms with E-state index in [-0.39, 0.29) is 11.4 Å². The molecular weight excluding hydrogens is 431 g/mol. The SMILES string of the molecule is O=C1N/C(=C\c2ccc(O)c(I)c2)C(=O)N1c1ccc(Cl)cc1. The molecule has 2 N–H and O–H groups in total. The van der Waals surface area contributed by atoms with E-state index >= 15 is 0 Å². The molecule has 1 saturated heterocycles. The number of halogens is 2. The number of urea groups is 1. The minimum atomic E-state index is -0.517. The average Bonchev–Trinajstić information content (AvgIpc) is 2.79. The third-order valence-electron chi connectivity index (χ3n) is 3.25. The van der Waals surface area contributed by atoms with Gasteiger partial charge in [-0.05, 0) is 70.6 Å². The Labute approximate surface area is 150 Å². The number of hydrogen-bond acceptors (Lipinski definition) is 3. The van der Waals surface area contributed by atoms with Crippen molar-refractivity contribution in [2.45, 2.75) is 0 Å². The standard InChI is InChI=1S/C16H10ClIN2O3/c17-10-2-4-11(5-3-10)20-15(22)13(19-16(20)23)8-9-1-6-14(21)12(18)7-9/h1-8,21H,(H,19,23)/b13-8-. The van der Waals surface area contributed by atoms with Gasteiger partial charge in [-0.25, -0.2) is 9.69 Å². The van der Waals surface area contributed by atoms with Crippen LogP contribution < -0.4 is 10.2 Å². The number of phenolic OH excluding ortho intramolecular Hbond substituents is 1. The fraction of sp³-hybridized carbons (Fsp3) is 0.